The molecule has 4 aromatic rings. The smallest absolute Gasteiger partial charge is 0.273 e. The minimum absolute atomic E-state index is 0.0240. The monoisotopic (exact) mass is 593 g/mol. The van der Waals surface area contributed by atoms with Crippen molar-refractivity contribution in [1.82, 2.24) is 4.90 Å². The summed E-state index contributed by atoms with van der Waals surface area (Å²) in [6, 6.07) is 26.7. The van der Waals surface area contributed by atoms with Crippen molar-refractivity contribution in [3.63, 3.8) is 0 Å². The molecule has 0 aliphatic rings. The van der Waals surface area contributed by atoms with Crippen LogP contribution in [0.4, 0.5) is 11.4 Å². The Labute approximate surface area is 243 Å². The van der Waals surface area contributed by atoms with E-state index in [1.807, 2.05) is 60.7 Å². The molecule has 0 saturated carbocycles. The number of aryl methyl sites for hydroxylation is 1. The number of carbonyl (C=O) groups is 1. The Hall–Kier alpha value is -4.41. The summed E-state index contributed by atoms with van der Waals surface area (Å²) in [7, 11) is -3.14. The molecule has 41 heavy (non-hydrogen) atoms. The van der Waals surface area contributed by atoms with E-state index in [4.69, 9.17) is 16.3 Å². The molecular formula is C30H28ClN3O6S. The van der Waals surface area contributed by atoms with Gasteiger partial charge in [0.1, 0.15) is 12.3 Å². The quantitative estimate of drug-likeness (QED) is 0.156. The summed E-state index contributed by atoms with van der Waals surface area (Å²) in [5.41, 5.74) is 1.69. The van der Waals surface area contributed by atoms with Crippen LogP contribution < -0.4 is 9.04 Å². The van der Waals surface area contributed by atoms with E-state index < -0.39 is 27.4 Å². The van der Waals surface area contributed by atoms with Crippen LogP contribution in [-0.2, 0) is 27.9 Å². The van der Waals surface area contributed by atoms with Gasteiger partial charge in [-0.3, -0.25) is 19.2 Å². The van der Waals surface area contributed by atoms with Gasteiger partial charge < -0.3 is 9.64 Å². The third kappa shape index (κ3) is 7.03. The average molecular weight is 594 g/mol. The molecule has 0 unspecified atom stereocenters. The number of sulfonamides is 1. The van der Waals surface area contributed by atoms with E-state index in [9.17, 15) is 23.3 Å². The van der Waals surface area contributed by atoms with Crippen molar-refractivity contribution in [2.24, 2.45) is 0 Å². The third-order valence-electron chi connectivity index (χ3n) is 6.44. The van der Waals surface area contributed by atoms with E-state index in [1.54, 1.807) is 4.90 Å². The number of anilines is 1. The highest BCUT2D eigenvalue weighted by atomic mass is 35.5. The molecule has 0 fully saturated rings. The van der Waals surface area contributed by atoms with Gasteiger partial charge >= 0.3 is 0 Å². The molecule has 0 aromatic heterocycles. The zero-order chi connectivity index (χ0) is 29.6. The largest absolute Gasteiger partial charge is 0.495 e. The van der Waals surface area contributed by atoms with E-state index in [1.165, 1.54) is 44.4 Å². The average Bonchev–Trinajstić information content (AvgIpc) is 2.96. The molecular weight excluding hydrogens is 566 g/mol. The van der Waals surface area contributed by atoms with Gasteiger partial charge in [-0.1, -0.05) is 78.3 Å². The van der Waals surface area contributed by atoms with Crippen LogP contribution in [0.15, 0.2) is 102 Å². The molecule has 0 saturated heterocycles. The Kier molecular flexibility index (Phi) is 9.26. The van der Waals surface area contributed by atoms with Crippen molar-refractivity contribution < 1.29 is 22.9 Å². The molecule has 11 heteroatoms. The van der Waals surface area contributed by atoms with Gasteiger partial charge in [-0.15, -0.1) is 0 Å². The number of hydrogen-bond donors (Lipinski definition) is 0. The van der Waals surface area contributed by atoms with Crippen molar-refractivity contribution in [3.8, 4) is 5.75 Å². The molecule has 0 heterocycles. The second kappa shape index (κ2) is 12.8. The van der Waals surface area contributed by atoms with Crippen molar-refractivity contribution in [3.05, 3.63) is 129 Å². The maximum Gasteiger partial charge on any atom is 0.273 e. The number of hydrogen-bond acceptors (Lipinski definition) is 6. The van der Waals surface area contributed by atoms with Crippen molar-refractivity contribution in [2.75, 3.05) is 18.0 Å². The van der Waals surface area contributed by atoms with Crippen LogP contribution >= 0.6 is 11.6 Å². The summed E-state index contributed by atoms with van der Waals surface area (Å²) in [5, 5.41) is 11.8. The van der Waals surface area contributed by atoms with Gasteiger partial charge in [0.15, 0.2) is 0 Å². The second-order valence-electron chi connectivity index (χ2n) is 9.25. The number of nitro groups is 1. The van der Waals surface area contributed by atoms with Crippen molar-refractivity contribution >= 4 is 38.9 Å². The first-order chi connectivity index (χ1) is 19.6. The first kappa shape index (κ1) is 29.6. The van der Waals surface area contributed by atoms with E-state index >= 15 is 0 Å². The van der Waals surface area contributed by atoms with Gasteiger partial charge in [-0.25, -0.2) is 8.42 Å². The molecule has 212 valence electrons. The zero-order valence-electron chi connectivity index (χ0n) is 22.4. The maximum absolute atomic E-state index is 14.1. The molecule has 1 amide bonds. The summed E-state index contributed by atoms with van der Waals surface area (Å²) < 4.78 is 34.5. The number of methoxy groups -OCH3 is 1. The fraction of sp³-hybridized carbons (Fsp3) is 0.167. The molecule has 9 nitrogen and oxygen atoms in total. The zero-order valence-corrected chi connectivity index (χ0v) is 24.0. The third-order valence-corrected chi connectivity index (χ3v) is 8.43. The summed E-state index contributed by atoms with van der Waals surface area (Å²) in [4.78, 5) is 26.1. The molecule has 0 radical (unpaired) electrons. The summed E-state index contributed by atoms with van der Waals surface area (Å²) >= 11 is 6.25. The van der Waals surface area contributed by atoms with Crippen molar-refractivity contribution in [1.29, 1.82) is 0 Å². The highest BCUT2D eigenvalue weighted by Crippen LogP contribution is 2.36. The second-order valence-corrected chi connectivity index (χ2v) is 11.6. The Morgan fingerprint density at radius 1 is 0.902 bits per heavy atom. The molecule has 0 bridgehead atoms. The number of rotatable bonds is 11. The molecule has 4 aromatic carbocycles. The van der Waals surface area contributed by atoms with Gasteiger partial charge in [0.2, 0.25) is 5.91 Å². The summed E-state index contributed by atoms with van der Waals surface area (Å²) in [5.74, 6) is -0.338. The number of ether oxygens (including phenoxy) is 1. The van der Waals surface area contributed by atoms with Crippen LogP contribution in [0, 0.1) is 17.0 Å². The molecule has 0 N–H and O–H groups in total. The Balaban J connectivity index is 1.80. The predicted octanol–water partition coefficient (Wildman–Crippen LogP) is 5.99. The van der Waals surface area contributed by atoms with Crippen LogP contribution in [0.3, 0.4) is 0 Å². The number of carbonyl (C=O) groups excluding carboxylic acids is 1. The Morgan fingerprint density at radius 2 is 1.49 bits per heavy atom. The predicted molar refractivity (Wildman–Crippen MR) is 158 cm³/mol. The van der Waals surface area contributed by atoms with E-state index in [0.717, 1.165) is 21.5 Å². The standard InChI is InChI=1S/C30H28ClN3O6S/c1-22-13-15-26(18-27(22)34(36)37)41(38,39)33(28-17-25(31)14-16-29(28)40-2)21-30(35)32(19-23-9-5-3-6-10-23)20-24-11-7-4-8-12-24/h3-18H,19-21H2,1-2H3. The molecule has 4 rings (SSSR count). The number of halogens is 1. The summed E-state index contributed by atoms with van der Waals surface area (Å²) in [6.45, 7) is 1.36. The van der Waals surface area contributed by atoms with Crippen LogP contribution in [0.2, 0.25) is 5.02 Å². The van der Waals surface area contributed by atoms with Gasteiger partial charge in [0.05, 0.1) is 22.6 Å². The lowest BCUT2D eigenvalue weighted by molar-refractivity contribution is -0.385. The highest BCUT2D eigenvalue weighted by molar-refractivity contribution is 7.92. The lowest BCUT2D eigenvalue weighted by Crippen LogP contribution is -2.42. The van der Waals surface area contributed by atoms with E-state index in [-0.39, 0.29) is 40.1 Å². The maximum atomic E-state index is 14.1. The van der Waals surface area contributed by atoms with Gasteiger partial charge in [0.25, 0.3) is 15.7 Å². The van der Waals surface area contributed by atoms with Crippen molar-refractivity contribution in [2.45, 2.75) is 24.9 Å². The normalized spacial score (nSPS) is 11.1. The fourth-order valence-electron chi connectivity index (χ4n) is 4.29. The first-order valence-corrected chi connectivity index (χ1v) is 14.4. The topological polar surface area (TPSA) is 110 Å². The molecule has 0 spiro atoms. The van der Waals surface area contributed by atoms with E-state index in [2.05, 4.69) is 0 Å². The SMILES string of the molecule is COc1ccc(Cl)cc1N(CC(=O)N(Cc1ccccc1)Cc1ccccc1)S(=O)(=O)c1ccc(C)c([N+](=O)[O-])c1. The van der Waals surface area contributed by atoms with Gasteiger partial charge in [-0.2, -0.15) is 0 Å². The number of nitrogens with zero attached hydrogens (tertiary/aromatic N) is 3. The minimum atomic E-state index is -4.51. The highest BCUT2D eigenvalue weighted by Gasteiger charge is 2.32. The molecule has 0 aliphatic carbocycles. The lowest BCUT2D eigenvalue weighted by atomic mass is 10.1. The van der Waals surface area contributed by atoms with E-state index in [0.29, 0.717) is 5.56 Å². The van der Waals surface area contributed by atoms with Crippen LogP contribution in [0.5, 0.6) is 5.75 Å². The number of benzene rings is 4. The minimum Gasteiger partial charge on any atom is -0.495 e. The Morgan fingerprint density at radius 3 is 2.02 bits per heavy atom. The van der Waals surface area contributed by atoms with Gasteiger partial charge in [-0.05, 0) is 42.3 Å². The van der Waals surface area contributed by atoms with Crippen LogP contribution in [0.25, 0.3) is 0 Å². The van der Waals surface area contributed by atoms with Crippen LogP contribution in [0.1, 0.15) is 16.7 Å². The summed E-state index contributed by atoms with van der Waals surface area (Å²) in [6.07, 6.45) is 0. The molecule has 0 aliphatic heterocycles. The van der Waals surface area contributed by atoms with Gasteiger partial charge in [0, 0.05) is 29.7 Å². The fourth-order valence-corrected chi connectivity index (χ4v) is 5.90. The number of nitro benzene ring substituents is 1. The lowest BCUT2D eigenvalue weighted by Gasteiger charge is -2.29. The molecule has 0 atom stereocenters. The number of amides is 1. The van der Waals surface area contributed by atoms with Crippen LogP contribution in [-0.4, -0.2) is 37.8 Å². The first-order valence-electron chi connectivity index (χ1n) is 12.6. The Bertz CT molecular complexity index is 1610.